The molecule has 0 aliphatic carbocycles. The zero-order valence-electron chi connectivity index (χ0n) is 12.7. The van der Waals surface area contributed by atoms with Crippen LogP contribution in [0.4, 0.5) is 0 Å². The Hall–Kier alpha value is -1.83. The first-order chi connectivity index (χ1) is 10.4. The Balaban J connectivity index is 2.35. The van der Waals surface area contributed by atoms with E-state index in [1.165, 1.54) is 11.8 Å². The minimum Gasteiger partial charge on any atom is -0.463 e. The number of carbonyl (C=O) groups excluding carboxylic acids is 3. The summed E-state index contributed by atoms with van der Waals surface area (Å²) in [4.78, 5) is 37.3. The van der Waals surface area contributed by atoms with Gasteiger partial charge in [-0.1, -0.05) is 11.8 Å². The smallest absolute Gasteiger partial charge is 0.336 e. The average molecular weight is 326 g/mol. The molecule has 22 heavy (non-hydrogen) atoms. The van der Waals surface area contributed by atoms with Crippen LogP contribution in [0.15, 0.2) is 10.6 Å². The van der Waals surface area contributed by atoms with Gasteiger partial charge in [0, 0.05) is 6.42 Å². The fourth-order valence-corrected chi connectivity index (χ4v) is 3.34. The predicted octanol–water partition coefficient (Wildman–Crippen LogP) is 1.29. The van der Waals surface area contributed by atoms with Gasteiger partial charge in [-0.3, -0.25) is 19.9 Å². The highest BCUT2D eigenvalue weighted by atomic mass is 32.2. The third-order valence-corrected chi connectivity index (χ3v) is 4.27. The van der Waals surface area contributed by atoms with Gasteiger partial charge in [-0.2, -0.15) is 0 Å². The van der Waals surface area contributed by atoms with Crippen LogP contribution < -0.4 is 0 Å². The van der Waals surface area contributed by atoms with E-state index in [-0.39, 0.29) is 42.2 Å². The molecule has 7 nitrogen and oxygen atoms in total. The van der Waals surface area contributed by atoms with Gasteiger partial charge in [0.1, 0.15) is 11.8 Å². The molecule has 1 amide bonds. The molecule has 1 fully saturated rings. The van der Waals surface area contributed by atoms with Gasteiger partial charge in [-0.25, -0.2) is 4.79 Å². The van der Waals surface area contributed by atoms with Crippen LogP contribution in [0.3, 0.4) is 0 Å². The van der Waals surface area contributed by atoms with Crippen molar-refractivity contribution in [2.24, 2.45) is 5.92 Å². The molecule has 2 aliphatic rings. The molecule has 0 spiro atoms. The molecule has 1 atom stereocenters. The van der Waals surface area contributed by atoms with Gasteiger partial charge in [0.15, 0.2) is 0 Å². The number of carbonyl (C=O) groups is 3. The second-order valence-corrected chi connectivity index (χ2v) is 6.11. The SMILES string of the molecule is CCOC(=O)C1=C2SCC(=O)N2C(=N)C(C(=O)OC(C)C)C1. The number of thioether (sulfide) groups is 1. The standard InChI is InChI=1S/C14H18N2O5S/c1-4-20-13(18)9-5-8(14(19)21-7(2)3)11(15)16-10(17)6-22-12(9)16/h7-8,15H,4-6H2,1-3H3. The summed E-state index contributed by atoms with van der Waals surface area (Å²) >= 11 is 1.19. The molecule has 1 N–H and O–H groups in total. The Morgan fingerprint density at radius 3 is 2.73 bits per heavy atom. The van der Waals surface area contributed by atoms with Crippen molar-refractivity contribution in [1.29, 1.82) is 5.41 Å². The van der Waals surface area contributed by atoms with Crippen molar-refractivity contribution in [2.45, 2.75) is 33.3 Å². The van der Waals surface area contributed by atoms with Crippen LogP contribution in [0.2, 0.25) is 0 Å². The number of nitrogens with zero attached hydrogens (tertiary/aromatic N) is 1. The first kappa shape index (κ1) is 16.5. The summed E-state index contributed by atoms with van der Waals surface area (Å²) in [6.45, 7) is 5.29. The van der Waals surface area contributed by atoms with Crippen molar-refractivity contribution in [2.75, 3.05) is 12.4 Å². The average Bonchev–Trinajstić information content (AvgIpc) is 2.81. The molecular formula is C14H18N2O5S. The minimum absolute atomic E-state index is 0.0231. The summed E-state index contributed by atoms with van der Waals surface area (Å²) in [7, 11) is 0. The summed E-state index contributed by atoms with van der Waals surface area (Å²) in [6.07, 6.45) is -0.310. The zero-order chi connectivity index (χ0) is 16.4. The highest BCUT2D eigenvalue weighted by molar-refractivity contribution is 8.04. The molecule has 2 heterocycles. The lowest BCUT2D eigenvalue weighted by Gasteiger charge is -2.31. The fourth-order valence-electron chi connectivity index (χ4n) is 2.28. The summed E-state index contributed by atoms with van der Waals surface area (Å²) < 4.78 is 10.1. The lowest BCUT2D eigenvalue weighted by Crippen LogP contribution is -2.44. The third-order valence-electron chi connectivity index (χ3n) is 3.18. The topological polar surface area (TPSA) is 96.8 Å². The number of fused-ring (bicyclic) bond motifs is 1. The normalized spacial score (nSPS) is 21.3. The van der Waals surface area contributed by atoms with Crippen LogP contribution in [-0.4, -0.2) is 47.0 Å². The van der Waals surface area contributed by atoms with Gasteiger partial charge in [0.05, 0.1) is 29.1 Å². The van der Waals surface area contributed by atoms with Gasteiger partial charge < -0.3 is 9.47 Å². The van der Waals surface area contributed by atoms with E-state index in [0.29, 0.717) is 5.03 Å². The Labute approximate surface area is 132 Å². The Morgan fingerprint density at radius 1 is 1.45 bits per heavy atom. The van der Waals surface area contributed by atoms with E-state index >= 15 is 0 Å². The molecule has 0 saturated carbocycles. The first-order valence-electron chi connectivity index (χ1n) is 7.01. The second kappa shape index (κ2) is 6.51. The molecule has 1 saturated heterocycles. The number of nitrogens with one attached hydrogen (secondary N) is 1. The number of amides is 1. The molecule has 1 unspecified atom stereocenters. The summed E-state index contributed by atoms with van der Waals surface area (Å²) in [5.74, 6) is -2.43. The predicted molar refractivity (Wildman–Crippen MR) is 80.0 cm³/mol. The van der Waals surface area contributed by atoms with Crippen LogP contribution in [0.25, 0.3) is 0 Å². The van der Waals surface area contributed by atoms with Crippen molar-refractivity contribution in [3.8, 4) is 0 Å². The van der Waals surface area contributed by atoms with E-state index in [4.69, 9.17) is 14.9 Å². The van der Waals surface area contributed by atoms with Crippen molar-refractivity contribution >= 4 is 35.4 Å². The highest BCUT2D eigenvalue weighted by Crippen LogP contribution is 2.40. The number of rotatable bonds is 4. The zero-order valence-corrected chi connectivity index (χ0v) is 13.5. The van der Waals surface area contributed by atoms with E-state index in [9.17, 15) is 14.4 Å². The Kier molecular flexibility index (Phi) is 4.90. The lowest BCUT2D eigenvalue weighted by atomic mass is 9.94. The molecular weight excluding hydrogens is 308 g/mol. The van der Waals surface area contributed by atoms with Gasteiger partial charge in [-0.15, -0.1) is 0 Å². The number of hydrogen-bond acceptors (Lipinski definition) is 7. The van der Waals surface area contributed by atoms with E-state index in [0.717, 1.165) is 4.90 Å². The maximum atomic E-state index is 12.2. The maximum absolute atomic E-state index is 12.2. The van der Waals surface area contributed by atoms with Gasteiger partial charge in [0.2, 0.25) is 5.91 Å². The van der Waals surface area contributed by atoms with Gasteiger partial charge in [0.25, 0.3) is 0 Å². The van der Waals surface area contributed by atoms with Crippen LogP contribution in [-0.2, 0) is 23.9 Å². The Bertz CT molecular complexity index is 570. The highest BCUT2D eigenvalue weighted by Gasteiger charge is 2.45. The molecule has 0 aromatic carbocycles. The van der Waals surface area contributed by atoms with Crippen molar-refractivity contribution in [3.05, 3.63) is 10.6 Å². The quantitative estimate of drug-likeness (QED) is 0.782. The summed E-state index contributed by atoms with van der Waals surface area (Å²) in [5, 5.41) is 8.52. The maximum Gasteiger partial charge on any atom is 0.336 e. The molecule has 2 rings (SSSR count). The van der Waals surface area contributed by atoms with Crippen LogP contribution in [0, 0.1) is 11.3 Å². The molecule has 0 aromatic rings. The fraction of sp³-hybridized carbons (Fsp3) is 0.571. The number of ether oxygens (including phenoxy) is 2. The number of amidine groups is 1. The third kappa shape index (κ3) is 3.01. The number of hydrogen-bond donors (Lipinski definition) is 1. The molecule has 2 aliphatic heterocycles. The number of esters is 2. The van der Waals surface area contributed by atoms with Crippen LogP contribution in [0.5, 0.6) is 0 Å². The van der Waals surface area contributed by atoms with Crippen LogP contribution >= 0.6 is 11.8 Å². The summed E-state index contributed by atoms with van der Waals surface area (Å²) in [6, 6.07) is 0. The van der Waals surface area contributed by atoms with Crippen molar-refractivity contribution in [1.82, 2.24) is 4.90 Å². The second-order valence-electron chi connectivity index (χ2n) is 5.15. The van der Waals surface area contributed by atoms with E-state index in [2.05, 4.69) is 0 Å². The van der Waals surface area contributed by atoms with Gasteiger partial charge in [-0.05, 0) is 20.8 Å². The van der Waals surface area contributed by atoms with Gasteiger partial charge >= 0.3 is 11.9 Å². The summed E-state index contributed by atoms with van der Waals surface area (Å²) in [5.41, 5.74) is 0.263. The minimum atomic E-state index is -0.965. The monoisotopic (exact) mass is 326 g/mol. The molecule has 0 aromatic heterocycles. The largest absolute Gasteiger partial charge is 0.463 e. The molecule has 8 heteroatoms. The van der Waals surface area contributed by atoms with Crippen molar-refractivity contribution in [3.63, 3.8) is 0 Å². The van der Waals surface area contributed by atoms with E-state index < -0.39 is 17.9 Å². The molecule has 0 bridgehead atoms. The molecule has 120 valence electrons. The van der Waals surface area contributed by atoms with E-state index in [1.807, 2.05) is 0 Å². The lowest BCUT2D eigenvalue weighted by molar-refractivity contribution is -0.150. The van der Waals surface area contributed by atoms with E-state index in [1.54, 1.807) is 20.8 Å². The molecule has 0 radical (unpaired) electrons. The first-order valence-corrected chi connectivity index (χ1v) is 8.00. The van der Waals surface area contributed by atoms with Crippen molar-refractivity contribution < 1.29 is 23.9 Å². The van der Waals surface area contributed by atoms with Crippen LogP contribution in [0.1, 0.15) is 27.2 Å². The Morgan fingerprint density at radius 2 is 2.14 bits per heavy atom.